The van der Waals surface area contributed by atoms with Crippen molar-refractivity contribution in [3.63, 3.8) is 0 Å². The Hall–Kier alpha value is -2.37. The molecule has 0 heterocycles. The highest BCUT2D eigenvalue weighted by atomic mass is 16.4. The molecule has 1 aromatic carbocycles. The first-order valence-corrected chi connectivity index (χ1v) is 8.20. The molecule has 132 valence electrons. The van der Waals surface area contributed by atoms with E-state index in [-0.39, 0.29) is 24.7 Å². The molecular weight excluding hydrogens is 308 g/mol. The maximum Gasteiger partial charge on any atom is 0.326 e. The van der Waals surface area contributed by atoms with Gasteiger partial charge in [0, 0.05) is 12.8 Å². The van der Waals surface area contributed by atoms with Gasteiger partial charge in [0.1, 0.15) is 12.1 Å². The molecule has 0 aliphatic heterocycles. The van der Waals surface area contributed by atoms with Crippen LogP contribution in [0.15, 0.2) is 30.3 Å². The summed E-state index contributed by atoms with van der Waals surface area (Å²) < 4.78 is 0. The molecular formula is C18H26N2O4. The number of carboxylic acids is 1. The molecule has 2 amide bonds. The molecule has 6 nitrogen and oxygen atoms in total. The van der Waals surface area contributed by atoms with E-state index in [1.165, 1.54) is 0 Å². The standard InChI is InChI=1S/C18H26N2O4/c1-4-16(21)19-14(10-12(2)3)17(22)20-15(18(23)24)11-13-8-6-5-7-9-13/h5-9,12,14-15H,4,10-11H2,1-3H3,(H,19,21)(H,20,22)(H,23,24)/t14-,15-/m0/s1. The Labute approximate surface area is 142 Å². The Morgan fingerprint density at radius 2 is 1.67 bits per heavy atom. The number of carbonyl (C=O) groups excluding carboxylic acids is 2. The van der Waals surface area contributed by atoms with Crippen LogP contribution in [-0.2, 0) is 20.8 Å². The van der Waals surface area contributed by atoms with Gasteiger partial charge >= 0.3 is 5.97 Å². The van der Waals surface area contributed by atoms with Crippen LogP contribution < -0.4 is 10.6 Å². The maximum absolute atomic E-state index is 12.4. The van der Waals surface area contributed by atoms with E-state index in [4.69, 9.17) is 0 Å². The van der Waals surface area contributed by atoms with Gasteiger partial charge in [-0.3, -0.25) is 9.59 Å². The van der Waals surface area contributed by atoms with Crippen molar-refractivity contribution in [3.05, 3.63) is 35.9 Å². The van der Waals surface area contributed by atoms with Crippen LogP contribution >= 0.6 is 0 Å². The number of nitrogens with one attached hydrogen (secondary N) is 2. The van der Waals surface area contributed by atoms with Gasteiger partial charge in [-0.25, -0.2) is 4.79 Å². The molecule has 0 radical (unpaired) electrons. The molecule has 2 atom stereocenters. The van der Waals surface area contributed by atoms with Crippen LogP contribution in [0.25, 0.3) is 0 Å². The number of hydrogen-bond acceptors (Lipinski definition) is 3. The van der Waals surface area contributed by atoms with E-state index in [2.05, 4.69) is 10.6 Å². The SMILES string of the molecule is CCC(=O)N[C@@H](CC(C)C)C(=O)N[C@@H](Cc1ccccc1)C(=O)O. The highest BCUT2D eigenvalue weighted by Crippen LogP contribution is 2.08. The number of aliphatic carboxylic acids is 1. The third-order valence-corrected chi connectivity index (χ3v) is 3.58. The van der Waals surface area contributed by atoms with Gasteiger partial charge in [0.25, 0.3) is 0 Å². The highest BCUT2D eigenvalue weighted by molar-refractivity contribution is 5.90. The van der Waals surface area contributed by atoms with Crippen molar-refractivity contribution >= 4 is 17.8 Å². The topological polar surface area (TPSA) is 95.5 Å². The Bertz CT molecular complexity index is 557. The first-order valence-electron chi connectivity index (χ1n) is 8.20. The first-order chi connectivity index (χ1) is 11.3. The van der Waals surface area contributed by atoms with Crippen molar-refractivity contribution < 1.29 is 19.5 Å². The normalized spacial score (nSPS) is 13.2. The van der Waals surface area contributed by atoms with E-state index in [1.54, 1.807) is 6.92 Å². The summed E-state index contributed by atoms with van der Waals surface area (Å²) in [5, 5.41) is 14.6. The van der Waals surface area contributed by atoms with Gasteiger partial charge in [-0.05, 0) is 17.9 Å². The summed E-state index contributed by atoms with van der Waals surface area (Å²) in [7, 11) is 0. The van der Waals surface area contributed by atoms with Gasteiger partial charge in [0.2, 0.25) is 11.8 Å². The summed E-state index contributed by atoms with van der Waals surface area (Å²) >= 11 is 0. The third-order valence-electron chi connectivity index (χ3n) is 3.58. The Morgan fingerprint density at radius 3 is 2.17 bits per heavy atom. The fourth-order valence-corrected chi connectivity index (χ4v) is 2.32. The average molecular weight is 334 g/mol. The lowest BCUT2D eigenvalue weighted by Gasteiger charge is -2.22. The van der Waals surface area contributed by atoms with Crippen molar-refractivity contribution in [2.45, 2.75) is 52.1 Å². The summed E-state index contributed by atoms with van der Waals surface area (Å²) in [5.41, 5.74) is 0.822. The number of carbonyl (C=O) groups is 3. The molecule has 0 aliphatic rings. The predicted molar refractivity (Wildman–Crippen MR) is 91.4 cm³/mol. The summed E-state index contributed by atoms with van der Waals surface area (Å²) in [6.07, 6.45) is 0.918. The van der Waals surface area contributed by atoms with Crippen LogP contribution in [0.5, 0.6) is 0 Å². The van der Waals surface area contributed by atoms with Crippen molar-refractivity contribution in [1.82, 2.24) is 10.6 Å². The van der Waals surface area contributed by atoms with E-state index in [0.29, 0.717) is 6.42 Å². The number of rotatable bonds is 9. The van der Waals surface area contributed by atoms with Gasteiger partial charge in [-0.1, -0.05) is 51.1 Å². The van der Waals surface area contributed by atoms with E-state index in [1.807, 2.05) is 44.2 Å². The maximum atomic E-state index is 12.4. The van der Waals surface area contributed by atoms with Crippen LogP contribution in [0.2, 0.25) is 0 Å². The van der Waals surface area contributed by atoms with Crippen LogP contribution in [0, 0.1) is 5.92 Å². The number of benzene rings is 1. The molecule has 0 aliphatic carbocycles. The zero-order valence-electron chi connectivity index (χ0n) is 14.4. The molecule has 0 spiro atoms. The van der Waals surface area contributed by atoms with Crippen LogP contribution in [0.1, 0.15) is 39.2 Å². The van der Waals surface area contributed by atoms with Crippen LogP contribution in [0.3, 0.4) is 0 Å². The summed E-state index contributed by atoms with van der Waals surface area (Å²) in [6.45, 7) is 5.59. The molecule has 0 fully saturated rings. The monoisotopic (exact) mass is 334 g/mol. The lowest BCUT2D eigenvalue weighted by molar-refractivity contribution is -0.142. The molecule has 0 aromatic heterocycles. The quantitative estimate of drug-likeness (QED) is 0.641. The second-order valence-electron chi connectivity index (χ2n) is 6.19. The van der Waals surface area contributed by atoms with Gasteiger partial charge in [-0.15, -0.1) is 0 Å². The minimum absolute atomic E-state index is 0.190. The fraction of sp³-hybridized carbons (Fsp3) is 0.500. The summed E-state index contributed by atoms with van der Waals surface area (Å²) in [5.74, 6) is -1.60. The van der Waals surface area contributed by atoms with Crippen molar-refractivity contribution in [3.8, 4) is 0 Å². The minimum atomic E-state index is -1.10. The number of hydrogen-bond donors (Lipinski definition) is 3. The van der Waals surface area contributed by atoms with E-state index in [0.717, 1.165) is 5.56 Å². The molecule has 0 unspecified atom stereocenters. The molecule has 0 saturated heterocycles. The van der Waals surface area contributed by atoms with Gasteiger partial charge < -0.3 is 15.7 Å². The van der Waals surface area contributed by atoms with Crippen molar-refractivity contribution in [1.29, 1.82) is 0 Å². The van der Waals surface area contributed by atoms with Gasteiger partial charge in [0.15, 0.2) is 0 Å². The first kappa shape index (κ1) is 19.7. The zero-order valence-corrected chi connectivity index (χ0v) is 14.4. The van der Waals surface area contributed by atoms with Crippen LogP contribution in [-0.4, -0.2) is 35.0 Å². The smallest absolute Gasteiger partial charge is 0.326 e. The van der Waals surface area contributed by atoms with E-state index in [9.17, 15) is 19.5 Å². The second kappa shape index (κ2) is 9.70. The van der Waals surface area contributed by atoms with Crippen molar-refractivity contribution in [2.24, 2.45) is 5.92 Å². The molecule has 1 rings (SSSR count). The van der Waals surface area contributed by atoms with Gasteiger partial charge in [-0.2, -0.15) is 0 Å². The fourth-order valence-electron chi connectivity index (χ4n) is 2.32. The zero-order chi connectivity index (χ0) is 18.1. The molecule has 0 bridgehead atoms. The third kappa shape index (κ3) is 6.81. The molecule has 1 aromatic rings. The number of carboxylic acid groups (broad SMARTS) is 1. The second-order valence-corrected chi connectivity index (χ2v) is 6.19. The lowest BCUT2D eigenvalue weighted by atomic mass is 10.0. The van der Waals surface area contributed by atoms with Crippen LogP contribution in [0.4, 0.5) is 0 Å². The Balaban J connectivity index is 2.79. The van der Waals surface area contributed by atoms with Crippen molar-refractivity contribution in [2.75, 3.05) is 0 Å². The molecule has 24 heavy (non-hydrogen) atoms. The van der Waals surface area contributed by atoms with E-state index < -0.39 is 24.0 Å². The summed E-state index contributed by atoms with van der Waals surface area (Å²) in [4.78, 5) is 35.5. The highest BCUT2D eigenvalue weighted by Gasteiger charge is 2.26. The largest absolute Gasteiger partial charge is 0.480 e. The molecule has 0 saturated carbocycles. The summed E-state index contributed by atoms with van der Waals surface area (Å²) in [6, 6.07) is 7.34. The lowest BCUT2D eigenvalue weighted by Crippen LogP contribution is -2.52. The van der Waals surface area contributed by atoms with Gasteiger partial charge in [0.05, 0.1) is 0 Å². The van der Waals surface area contributed by atoms with E-state index >= 15 is 0 Å². The predicted octanol–water partition coefficient (Wildman–Crippen LogP) is 1.74. The average Bonchev–Trinajstić information content (AvgIpc) is 2.53. The number of amides is 2. The Kier molecular flexibility index (Phi) is 7.95. The molecule has 3 N–H and O–H groups in total. The minimum Gasteiger partial charge on any atom is -0.480 e. The Morgan fingerprint density at radius 1 is 1.04 bits per heavy atom. The molecule has 6 heteroatoms.